The lowest BCUT2D eigenvalue weighted by molar-refractivity contribution is 0.0520. The van der Waals surface area contributed by atoms with Crippen LogP contribution in [0.4, 0.5) is 0 Å². The number of carbonyl (C=O) groups is 2. The number of hydrogen-bond donors (Lipinski definition) is 0. The molecule has 2 aromatic heterocycles. The summed E-state index contributed by atoms with van der Waals surface area (Å²) >= 11 is 2.63. The first-order valence-corrected chi connectivity index (χ1v) is 15.4. The molecule has 0 aliphatic carbocycles. The van der Waals surface area contributed by atoms with Crippen LogP contribution in [0.15, 0.2) is 72.8 Å². The zero-order valence-corrected chi connectivity index (χ0v) is 24.7. The summed E-state index contributed by atoms with van der Waals surface area (Å²) in [5, 5.41) is 4.99. The van der Waals surface area contributed by atoms with E-state index in [-0.39, 0.29) is 26.4 Å². The van der Waals surface area contributed by atoms with Gasteiger partial charge in [-0.25, -0.2) is 9.59 Å². The molecule has 7 rings (SSSR count). The fourth-order valence-corrected chi connectivity index (χ4v) is 8.23. The number of esters is 2. The molecule has 0 atom stereocenters. The highest BCUT2D eigenvalue weighted by molar-refractivity contribution is 7.40. The molecule has 0 unspecified atom stereocenters. The van der Waals surface area contributed by atoms with E-state index >= 15 is 0 Å². The van der Waals surface area contributed by atoms with Crippen LogP contribution in [-0.2, 0) is 22.7 Å². The van der Waals surface area contributed by atoms with E-state index in [2.05, 4.69) is 24.3 Å². The maximum absolute atomic E-state index is 13.1. The van der Waals surface area contributed by atoms with Gasteiger partial charge >= 0.3 is 11.9 Å². The standard InChI is InChI=1S/C34H26O6S2/c1-3-37-32(35)30-23-17-39-25-15-13-19-9-5-7-11-21(19)28(25)29-22-12-8-6-10-20(22)14-16-26(29)40-18-24-27(23)34(41-30)42-31(24)33(36)38-4-2/h5-16H,3-4,17-18H2,1-2H3. The largest absolute Gasteiger partial charge is 0.488 e. The van der Waals surface area contributed by atoms with Crippen molar-refractivity contribution in [1.82, 2.24) is 0 Å². The Morgan fingerprint density at radius 2 is 1.12 bits per heavy atom. The van der Waals surface area contributed by atoms with Crippen molar-refractivity contribution in [1.29, 1.82) is 0 Å². The van der Waals surface area contributed by atoms with Gasteiger partial charge in [-0.1, -0.05) is 60.7 Å². The highest BCUT2D eigenvalue weighted by atomic mass is 32.2. The number of carbonyl (C=O) groups excluding carboxylic acids is 2. The smallest absolute Gasteiger partial charge is 0.348 e. The molecule has 0 radical (unpaired) electrons. The summed E-state index contributed by atoms with van der Waals surface area (Å²) in [6, 6.07) is 24.5. The summed E-state index contributed by atoms with van der Waals surface area (Å²) in [5.41, 5.74) is 3.21. The van der Waals surface area contributed by atoms with Crippen LogP contribution in [0.3, 0.4) is 0 Å². The Labute approximate surface area is 250 Å². The van der Waals surface area contributed by atoms with Gasteiger partial charge in [0.1, 0.15) is 34.5 Å². The van der Waals surface area contributed by atoms with E-state index < -0.39 is 11.9 Å². The van der Waals surface area contributed by atoms with Crippen LogP contribution in [0.5, 0.6) is 11.5 Å². The van der Waals surface area contributed by atoms with Gasteiger partial charge in [-0.2, -0.15) is 0 Å². The molecule has 0 N–H and O–H groups in total. The average molecular weight is 595 g/mol. The Hall–Kier alpha value is -4.40. The second kappa shape index (κ2) is 10.8. The molecule has 0 fully saturated rings. The maximum Gasteiger partial charge on any atom is 0.348 e. The van der Waals surface area contributed by atoms with Crippen molar-refractivity contribution >= 4 is 65.6 Å². The topological polar surface area (TPSA) is 71.1 Å². The number of benzene rings is 4. The fraction of sp³-hybridized carbons (Fsp3) is 0.176. The molecule has 0 spiro atoms. The van der Waals surface area contributed by atoms with Crippen molar-refractivity contribution in [3.63, 3.8) is 0 Å². The third-order valence-electron chi connectivity index (χ3n) is 7.44. The van der Waals surface area contributed by atoms with E-state index in [1.54, 1.807) is 13.8 Å². The zero-order valence-electron chi connectivity index (χ0n) is 23.0. The second-order valence-corrected chi connectivity index (χ2v) is 12.1. The molecule has 4 aromatic carbocycles. The van der Waals surface area contributed by atoms with Crippen molar-refractivity contribution in [3.8, 4) is 22.6 Å². The minimum Gasteiger partial charge on any atom is -0.488 e. The summed E-state index contributed by atoms with van der Waals surface area (Å²) in [6.07, 6.45) is 0. The molecule has 1 aliphatic heterocycles. The summed E-state index contributed by atoms with van der Waals surface area (Å²) in [7, 11) is 0. The normalized spacial score (nSPS) is 12.6. The first kappa shape index (κ1) is 26.5. The van der Waals surface area contributed by atoms with Gasteiger partial charge in [0.2, 0.25) is 0 Å². The predicted octanol–water partition coefficient (Wildman–Crippen LogP) is 8.76. The SMILES string of the molecule is CCOC(=O)c1sc2sc(C(=O)OCC)c3c2c1COc1ccc2ccccc2c1-c1c(ccc2ccccc12)OC3. The van der Waals surface area contributed by atoms with E-state index in [1.807, 2.05) is 48.5 Å². The van der Waals surface area contributed by atoms with Crippen LogP contribution in [0.2, 0.25) is 0 Å². The lowest BCUT2D eigenvalue weighted by Gasteiger charge is -2.19. The molecule has 1 aliphatic rings. The van der Waals surface area contributed by atoms with E-state index in [4.69, 9.17) is 18.9 Å². The van der Waals surface area contributed by atoms with Crippen molar-refractivity contribution < 1.29 is 28.5 Å². The third-order valence-corrected chi connectivity index (χ3v) is 9.96. The molecule has 6 nitrogen and oxygen atoms in total. The van der Waals surface area contributed by atoms with E-state index in [0.717, 1.165) is 42.1 Å². The lowest BCUT2D eigenvalue weighted by Crippen LogP contribution is -2.09. The first-order chi connectivity index (χ1) is 20.6. The molecule has 0 bridgehead atoms. The Morgan fingerprint density at radius 1 is 0.667 bits per heavy atom. The predicted molar refractivity (Wildman–Crippen MR) is 167 cm³/mol. The van der Waals surface area contributed by atoms with Crippen molar-refractivity contribution in [2.75, 3.05) is 13.2 Å². The molecular formula is C34H26O6S2. The molecule has 0 saturated carbocycles. The van der Waals surface area contributed by atoms with Crippen LogP contribution in [0.1, 0.15) is 44.3 Å². The molecule has 0 saturated heterocycles. The van der Waals surface area contributed by atoms with Gasteiger partial charge < -0.3 is 18.9 Å². The molecule has 210 valence electrons. The highest BCUT2D eigenvalue weighted by Gasteiger charge is 2.30. The Morgan fingerprint density at radius 3 is 1.57 bits per heavy atom. The van der Waals surface area contributed by atoms with Crippen LogP contribution in [0, 0.1) is 0 Å². The summed E-state index contributed by atoms with van der Waals surface area (Å²) in [4.78, 5) is 27.2. The van der Waals surface area contributed by atoms with Crippen molar-refractivity contribution in [2.24, 2.45) is 0 Å². The fourth-order valence-electron chi connectivity index (χ4n) is 5.64. The Balaban J connectivity index is 1.53. The highest BCUT2D eigenvalue weighted by Crippen LogP contribution is 2.48. The van der Waals surface area contributed by atoms with Gasteiger partial charge in [-0.15, -0.1) is 22.7 Å². The van der Waals surface area contributed by atoms with Gasteiger partial charge in [0, 0.05) is 27.6 Å². The van der Waals surface area contributed by atoms with Gasteiger partial charge in [0.05, 0.1) is 17.2 Å². The molecular weight excluding hydrogens is 569 g/mol. The van der Waals surface area contributed by atoms with Gasteiger partial charge in [-0.05, 0) is 47.5 Å². The number of thiophene rings is 2. The average Bonchev–Trinajstić information content (AvgIpc) is 3.54. The second-order valence-electron chi connectivity index (χ2n) is 9.82. The van der Waals surface area contributed by atoms with Crippen molar-refractivity contribution in [3.05, 3.63) is 93.7 Å². The van der Waals surface area contributed by atoms with Gasteiger partial charge in [0.15, 0.2) is 0 Å². The van der Waals surface area contributed by atoms with E-state index in [1.165, 1.54) is 22.7 Å². The molecule has 8 heteroatoms. The third kappa shape index (κ3) is 4.30. The van der Waals surface area contributed by atoms with E-state index in [0.29, 0.717) is 32.4 Å². The number of ether oxygens (including phenoxy) is 4. The maximum atomic E-state index is 13.1. The number of hydrogen-bond acceptors (Lipinski definition) is 8. The van der Waals surface area contributed by atoms with Crippen LogP contribution in [0.25, 0.3) is 42.1 Å². The van der Waals surface area contributed by atoms with Crippen LogP contribution >= 0.6 is 22.7 Å². The zero-order chi connectivity index (χ0) is 28.8. The van der Waals surface area contributed by atoms with E-state index in [9.17, 15) is 9.59 Å². The molecule has 42 heavy (non-hydrogen) atoms. The summed E-state index contributed by atoms with van der Waals surface area (Å²) in [6.45, 7) is 4.32. The summed E-state index contributed by atoms with van der Waals surface area (Å²) < 4.78 is 25.0. The van der Waals surface area contributed by atoms with Crippen LogP contribution in [-0.4, -0.2) is 25.2 Å². The lowest BCUT2D eigenvalue weighted by atomic mass is 9.92. The van der Waals surface area contributed by atoms with Crippen molar-refractivity contribution in [2.45, 2.75) is 27.1 Å². The number of rotatable bonds is 4. The van der Waals surface area contributed by atoms with Gasteiger partial charge in [-0.3, -0.25) is 0 Å². The monoisotopic (exact) mass is 594 g/mol. The number of fused-ring (bicyclic) bond motifs is 7. The van der Waals surface area contributed by atoms with Gasteiger partial charge in [0.25, 0.3) is 0 Å². The molecule has 3 heterocycles. The summed E-state index contributed by atoms with van der Waals surface area (Å²) in [5.74, 6) is 0.538. The Bertz CT molecular complexity index is 1880. The van der Waals surface area contributed by atoms with Crippen LogP contribution < -0.4 is 9.47 Å². The quantitative estimate of drug-likeness (QED) is 0.190. The minimum atomic E-state index is -0.406. The minimum absolute atomic E-state index is 0.117. The molecule has 6 aromatic rings. The molecule has 0 amide bonds. The first-order valence-electron chi connectivity index (χ1n) is 13.8. The Kier molecular flexibility index (Phi) is 6.80.